The highest BCUT2D eigenvalue weighted by molar-refractivity contribution is 7.89. The Labute approximate surface area is 151 Å². The van der Waals surface area contributed by atoms with Gasteiger partial charge in [0.05, 0.1) is 9.92 Å². The second-order valence-electron chi connectivity index (χ2n) is 6.02. The van der Waals surface area contributed by atoms with Crippen LogP contribution in [0.3, 0.4) is 0 Å². The van der Waals surface area contributed by atoms with Gasteiger partial charge in [-0.2, -0.15) is 9.40 Å². The quantitative estimate of drug-likeness (QED) is 0.785. The van der Waals surface area contributed by atoms with Gasteiger partial charge in [0.15, 0.2) is 0 Å². The van der Waals surface area contributed by atoms with Crippen LogP contribution in [-0.4, -0.2) is 60.1 Å². The highest BCUT2D eigenvalue weighted by Crippen LogP contribution is 2.23. The van der Waals surface area contributed by atoms with Crippen LogP contribution in [0.15, 0.2) is 35.4 Å². The summed E-state index contributed by atoms with van der Waals surface area (Å²) in [6.07, 6.45) is 2.64. The Hall–Kier alpha value is -1.48. The molecular weight excluding hydrogens is 367 g/mol. The number of hydrogen-bond donors (Lipinski definition) is 0. The van der Waals surface area contributed by atoms with E-state index in [-0.39, 0.29) is 9.92 Å². The monoisotopic (exact) mass is 386 g/mol. The summed E-state index contributed by atoms with van der Waals surface area (Å²) >= 11 is 5.71. The zero-order chi connectivity index (χ0) is 18.0. The van der Waals surface area contributed by atoms with Gasteiger partial charge in [-0.05, 0) is 24.3 Å². The van der Waals surface area contributed by atoms with Crippen LogP contribution >= 0.6 is 11.6 Å². The van der Waals surface area contributed by atoms with Crippen molar-refractivity contribution >= 4 is 21.6 Å². The lowest BCUT2D eigenvalue weighted by molar-refractivity contribution is 0.189. The summed E-state index contributed by atoms with van der Waals surface area (Å²) in [5.41, 5.74) is 1.15. The molecule has 3 rings (SSSR count). The standard InChI is InChI=1S/C16H20ClFN4O2S/c1-20-13(4-6-19-20)5-7-21-8-10-22(11-9-21)25(23,24)14-2-3-16(18)15(17)12-14/h2-4,6,12H,5,7-11H2,1H3. The van der Waals surface area contributed by atoms with Crippen LogP contribution in [0.25, 0.3) is 0 Å². The predicted octanol–water partition coefficient (Wildman–Crippen LogP) is 1.76. The van der Waals surface area contributed by atoms with E-state index in [1.54, 1.807) is 6.20 Å². The summed E-state index contributed by atoms with van der Waals surface area (Å²) in [7, 11) is -1.74. The van der Waals surface area contributed by atoms with E-state index in [4.69, 9.17) is 11.6 Å². The molecule has 0 aliphatic carbocycles. The van der Waals surface area contributed by atoms with Gasteiger partial charge in [-0.25, -0.2) is 12.8 Å². The van der Waals surface area contributed by atoms with Crippen molar-refractivity contribution < 1.29 is 12.8 Å². The fraction of sp³-hybridized carbons (Fsp3) is 0.438. The maximum Gasteiger partial charge on any atom is 0.243 e. The Morgan fingerprint density at radius 3 is 2.52 bits per heavy atom. The number of rotatable bonds is 5. The summed E-state index contributed by atoms with van der Waals surface area (Å²) in [6.45, 7) is 2.99. The van der Waals surface area contributed by atoms with E-state index in [1.165, 1.54) is 16.4 Å². The summed E-state index contributed by atoms with van der Waals surface area (Å²) in [6, 6.07) is 5.49. The van der Waals surface area contributed by atoms with E-state index in [0.29, 0.717) is 26.2 Å². The van der Waals surface area contributed by atoms with Crippen LogP contribution in [0.1, 0.15) is 5.69 Å². The van der Waals surface area contributed by atoms with Crippen molar-refractivity contribution in [3.63, 3.8) is 0 Å². The molecule has 0 radical (unpaired) electrons. The molecule has 25 heavy (non-hydrogen) atoms. The van der Waals surface area contributed by atoms with E-state index in [0.717, 1.165) is 24.7 Å². The number of nitrogens with zero attached hydrogens (tertiary/aromatic N) is 4. The van der Waals surface area contributed by atoms with E-state index in [1.807, 2.05) is 17.8 Å². The first-order valence-electron chi connectivity index (χ1n) is 8.02. The van der Waals surface area contributed by atoms with E-state index < -0.39 is 15.8 Å². The van der Waals surface area contributed by atoms with Crippen molar-refractivity contribution in [1.82, 2.24) is 19.0 Å². The fourth-order valence-corrected chi connectivity index (χ4v) is 4.59. The first-order valence-corrected chi connectivity index (χ1v) is 9.84. The van der Waals surface area contributed by atoms with Gasteiger partial charge in [0.25, 0.3) is 0 Å². The molecule has 1 saturated heterocycles. The molecule has 1 aromatic carbocycles. The highest BCUT2D eigenvalue weighted by atomic mass is 35.5. The van der Waals surface area contributed by atoms with Crippen molar-refractivity contribution in [2.45, 2.75) is 11.3 Å². The third-order valence-electron chi connectivity index (χ3n) is 4.47. The van der Waals surface area contributed by atoms with Crippen LogP contribution in [0.5, 0.6) is 0 Å². The van der Waals surface area contributed by atoms with Gasteiger partial charge in [0.2, 0.25) is 10.0 Å². The second-order valence-corrected chi connectivity index (χ2v) is 8.36. The van der Waals surface area contributed by atoms with Crippen molar-refractivity contribution in [2.24, 2.45) is 7.05 Å². The number of aryl methyl sites for hydroxylation is 1. The number of aromatic nitrogens is 2. The lowest BCUT2D eigenvalue weighted by Crippen LogP contribution is -2.49. The van der Waals surface area contributed by atoms with Gasteiger partial charge in [-0.3, -0.25) is 4.68 Å². The highest BCUT2D eigenvalue weighted by Gasteiger charge is 2.28. The van der Waals surface area contributed by atoms with Crippen LogP contribution in [0, 0.1) is 5.82 Å². The number of piperazine rings is 1. The topological polar surface area (TPSA) is 58.4 Å². The third kappa shape index (κ3) is 4.03. The van der Waals surface area contributed by atoms with E-state index in [2.05, 4.69) is 10.00 Å². The van der Waals surface area contributed by atoms with Crippen LogP contribution in [0.4, 0.5) is 4.39 Å². The molecule has 0 spiro atoms. The lowest BCUT2D eigenvalue weighted by Gasteiger charge is -2.34. The van der Waals surface area contributed by atoms with Crippen LogP contribution < -0.4 is 0 Å². The normalized spacial score (nSPS) is 17.1. The van der Waals surface area contributed by atoms with Gasteiger partial charge >= 0.3 is 0 Å². The molecule has 6 nitrogen and oxygen atoms in total. The van der Waals surface area contributed by atoms with E-state index >= 15 is 0 Å². The summed E-state index contributed by atoms with van der Waals surface area (Å²) in [5, 5.41) is 3.96. The fourth-order valence-electron chi connectivity index (χ4n) is 2.90. The maximum atomic E-state index is 13.3. The minimum atomic E-state index is -3.65. The molecule has 0 atom stereocenters. The van der Waals surface area contributed by atoms with Crippen molar-refractivity contribution in [1.29, 1.82) is 0 Å². The molecule has 136 valence electrons. The Bertz CT molecular complexity index is 848. The molecule has 9 heteroatoms. The number of sulfonamides is 1. The van der Waals surface area contributed by atoms with Crippen LogP contribution in [0.2, 0.25) is 5.02 Å². The minimum Gasteiger partial charge on any atom is -0.300 e. The zero-order valence-electron chi connectivity index (χ0n) is 13.9. The van der Waals surface area contributed by atoms with Gasteiger partial charge < -0.3 is 4.90 Å². The number of benzene rings is 1. The molecule has 0 unspecified atom stereocenters. The molecule has 1 aliphatic heterocycles. The third-order valence-corrected chi connectivity index (χ3v) is 6.65. The van der Waals surface area contributed by atoms with Crippen LogP contribution in [-0.2, 0) is 23.5 Å². The predicted molar refractivity (Wildman–Crippen MR) is 93.5 cm³/mol. The molecule has 0 N–H and O–H groups in total. The van der Waals surface area contributed by atoms with E-state index in [9.17, 15) is 12.8 Å². The average Bonchev–Trinajstić information content (AvgIpc) is 3.01. The summed E-state index contributed by atoms with van der Waals surface area (Å²) in [5.74, 6) is -0.624. The van der Waals surface area contributed by atoms with Crippen molar-refractivity contribution in [3.8, 4) is 0 Å². The minimum absolute atomic E-state index is 0.0298. The SMILES string of the molecule is Cn1nccc1CCN1CCN(S(=O)(=O)c2ccc(F)c(Cl)c2)CC1. The lowest BCUT2D eigenvalue weighted by atomic mass is 10.2. The molecule has 1 fully saturated rings. The Balaban J connectivity index is 1.59. The molecule has 2 heterocycles. The Morgan fingerprint density at radius 1 is 1.20 bits per heavy atom. The molecule has 1 aromatic heterocycles. The average molecular weight is 387 g/mol. The second kappa shape index (κ2) is 7.41. The summed E-state index contributed by atoms with van der Waals surface area (Å²) in [4.78, 5) is 2.26. The number of hydrogen-bond acceptors (Lipinski definition) is 4. The molecule has 2 aromatic rings. The molecule has 0 bridgehead atoms. The Morgan fingerprint density at radius 2 is 1.92 bits per heavy atom. The Kier molecular flexibility index (Phi) is 5.43. The zero-order valence-corrected chi connectivity index (χ0v) is 15.5. The first kappa shape index (κ1) is 18.3. The maximum absolute atomic E-state index is 13.3. The summed E-state index contributed by atoms with van der Waals surface area (Å²) < 4.78 is 41.9. The smallest absolute Gasteiger partial charge is 0.243 e. The first-order chi connectivity index (χ1) is 11.9. The van der Waals surface area contributed by atoms with Gasteiger partial charge in [-0.15, -0.1) is 0 Å². The largest absolute Gasteiger partial charge is 0.300 e. The molecule has 0 amide bonds. The van der Waals surface area contributed by atoms with Gasteiger partial charge in [0.1, 0.15) is 5.82 Å². The number of halogens is 2. The molecular formula is C16H20ClFN4O2S. The molecule has 0 saturated carbocycles. The van der Waals surface area contributed by atoms with Crippen molar-refractivity contribution in [2.75, 3.05) is 32.7 Å². The van der Waals surface area contributed by atoms with Gasteiger partial charge in [0, 0.05) is 58.1 Å². The van der Waals surface area contributed by atoms with Gasteiger partial charge in [-0.1, -0.05) is 11.6 Å². The molecule has 1 aliphatic rings. The van der Waals surface area contributed by atoms with Crippen molar-refractivity contribution in [3.05, 3.63) is 47.0 Å².